The molecule has 2 rings (SSSR count). The molecule has 17 heavy (non-hydrogen) atoms. The van der Waals surface area contributed by atoms with Gasteiger partial charge in [-0.2, -0.15) is 0 Å². The fraction of sp³-hybridized carbons (Fsp3) is 0.500. The zero-order chi connectivity index (χ0) is 12.3. The van der Waals surface area contributed by atoms with E-state index in [9.17, 15) is 9.90 Å². The lowest BCUT2D eigenvalue weighted by Crippen LogP contribution is -2.25. The number of Topliss-reactive ketones (excluding diaryl/α,β-unsaturated/α-hetero) is 1. The minimum atomic E-state index is -0.696. The first-order valence-electron chi connectivity index (χ1n) is 6.07. The highest BCUT2D eigenvalue weighted by Gasteiger charge is 2.29. The highest BCUT2D eigenvalue weighted by molar-refractivity contribution is 5.82. The molecular weight excluding hydrogens is 216 g/mol. The second-order valence-electron chi connectivity index (χ2n) is 4.54. The predicted molar refractivity (Wildman–Crippen MR) is 64.9 cm³/mol. The fourth-order valence-electron chi connectivity index (χ4n) is 2.40. The number of hydrogen-bond donors (Lipinski definition) is 1. The third kappa shape index (κ3) is 2.67. The van der Waals surface area contributed by atoms with Gasteiger partial charge < -0.3 is 9.84 Å². The van der Waals surface area contributed by atoms with Crippen molar-refractivity contribution in [2.24, 2.45) is 5.92 Å². The summed E-state index contributed by atoms with van der Waals surface area (Å²) < 4.78 is 5.12. The first kappa shape index (κ1) is 12.1. The van der Waals surface area contributed by atoms with Gasteiger partial charge >= 0.3 is 0 Å². The molecule has 1 saturated carbocycles. The summed E-state index contributed by atoms with van der Waals surface area (Å²) in [5, 5.41) is 10.3. The van der Waals surface area contributed by atoms with E-state index in [4.69, 9.17) is 4.74 Å². The van der Waals surface area contributed by atoms with Gasteiger partial charge in [-0.1, -0.05) is 18.6 Å². The molecule has 0 radical (unpaired) electrons. The molecule has 0 spiro atoms. The number of carbonyl (C=O) groups is 1. The number of carbonyl (C=O) groups excluding carboxylic acids is 1. The van der Waals surface area contributed by atoms with Gasteiger partial charge in [-0.25, -0.2) is 0 Å². The summed E-state index contributed by atoms with van der Waals surface area (Å²) in [6, 6.07) is 7.31. The molecular formula is C14H18O3. The molecule has 0 amide bonds. The van der Waals surface area contributed by atoms with Gasteiger partial charge in [-0.3, -0.25) is 4.79 Å². The third-order valence-corrected chi connectivity index (χ3v) is 3.42. The van der Waals surface area contributed by atoms with Crippen molar-refractivity contribution in [3.63, 3.8) is 0 Å². The second-order valence-corrected chi connectivity index (χ2v) is 4.54. The van der Waals surface area contributed by atoms with E-state index in [0.717, 1.165) is 24.8 Å². The van der Waals surface area contributed by atoms with Gasteiger partial charge in [-0.15, -0.1) is 0 Å². The zero-order valence-corrected chi connectivity index (χ0v) is 10.1. The molecule has 0 heterocycles. The van der Waals surface area contributed by atoms with Crippen LogP contribution in [0.25, 0.3) is 0 Å². The van der Waals surface area contributed by atoms with Gasteiger partial charge in [0.15, 0.2) is 0 Å². The second kappa shape index (κ2) is 5.32. The van der Waals surface area contributed by atoms with E-state index in [2.05, 4.69) is 0 Å². The summed E-state index contributed by atoms with van der Waals surface area (Å²) >= 11 is 0. The Morgan fingerprint density at radius 2 is 2.24 bits per heavy atom. The molecule has 1 aliphatic rings. The van der Waals surface area contributed by atoms with Crippen LogP contribution in [-0.2, 0) is 4.79 Å². The summed E-state index contributed by atoms with van der Waals surface area (Å²) in [7, 11) is 1.59. The van der Waals surface area contributed by atoms with Crippen LogP contribution in [0, 0.1) is 5.92 Å². The highest BCUT2D eigenvalue weighted by Crippen LogP contribution is 2.33. The van der Waals surface area contributed by atoms with Crippen molar-refractivity contribution in [3.8, 4) is 5.75 Å². The van der Waals surface area contributed by atoms with Crippen LogP contribution in [-0.4, -0.2) is 18.0 Å². The summed E-state index contributed by atoms with van der Waals surface area (Å²) in [5.41, 5.74) is 0.768. The lowest BCUT2D eigenvalue weighted by molar-refractivity contribution is -0.128. The highest BCUT2D eigenvalue weighted by atomic mass is 16.5. The molecule has 0 saturated heterocycles. The Bertz CT molecular complexity index is 400. The third-order valence-electron chi connectivity index (χ3n) is 3.42. The van der Waals surface area contributed by atoms with Crippen molar-refractivity contribution in [2.75, 3.05) is 7.11 Å². The van der Waals surface area contributed by atoms with Gasteiger partial charge in [0.05, 0.1) is 13.2 Å². The maximum atomic E-state index is 11.8. The quantitative estimate of drug-likeness (QED) is 0.874. The number of aliphatic hydroxyl groups excluding tert-OH is 1. The van der Waals surface area contributed by atoms with Crippen molar-refractivity contribution in [3.05, 3.63) is 29.8 Å². The van der Waals surface area contributed by atoms with E-state index < -0.39 is 6.10 Å². The smallest absolute Gasteiger partial charge is 0.138 e. The van der Waals surface area contributed by atoms with Crippen LogP contribution >= 0.6 is 0 Å². The molecule has 92 valence electrons. The normalized spacial score (nSPS) is 22.2. The first-order valence-corrected chi connectivity index (χ1v) is 6.07. The van der Waals surface area contributed by atoms with Crippen LogP contribution in [0.1, 0.15) is 37.4 Å². The molecule has 1 fully saturated rings. The number of hydrogen-bond acceptors (Lipinski definition) is 3. The summed E-state index contributed by atoms with van der Waals surface area (Å²) in [5.74, 6) is 0.659. The number of rotatable bonds is 3. The molecule has 1 aromatic rings. The van der Waals surface area contributed by atoms with Gasteiger partial charge in [-0.05, 0) is 30.5 Å². The first-order chi connectivity index (χ1) is 8.22. The van der Waals surface area contributed by atoms with E-state index in [1.165, 1.54) is 0 Å². The Hall–Kier alpha value is -1.35. The van der Waals surface area contributed by atoms with E-state index in [-0.39, 0.29) is 11.7 Å². The van der Waals surface area contributed by atoms with Crippen molar-refractivity contribution in [1.29, 1.82) is 0 Å². The van der Waals surface area contributed by atoms with E-state index in [0.29, 0.717) is 12.2 Å². The Morgan fingerprint density at radius 3 is 2.94 bits per heavy atom. The predicted octanol–water partition coefficient (Wildman–Crippen LogP) is 2.49. The minimum Gasteiger partial charge on any atom is -0.497 e. The zero-order valence-electron chi connectivity index (χ0n) is 10.1. The van der Waals surface area contributed by atoms with Crippen molar-refractivity contribution < 1.29 is 14.6 Å². The van der Waals surface area contributed by atoms with E-state index in [1.807, 2.05) is 18.2 Å². The van der Waals surface area contributed by atoms with Crippen LogP contribution in [0.4, 0.5) is 0 Å². The minimum absolute atomic E-state index is 0.187. The average molecular weight is 234 g/mol. The van der Waals surface area contributed by atoms with Crippen LogP contribution < -0.4 is 4.74 Å². The van der Waals surface area contributed by atoms with E-state index >= 15 is 0 Å². The van der Waals surface area contributed by atoms with Crippen molar-refractivity contribution in [2.45, 2.75) is 31.8 Å². The van der Waals surface area contributed by atoms with Crippen LogP contribution in [0.15, 0.2) is 24.3 Å². The molecule has 1 N–H and O–H groups in total. The summed E-state index contributed by atoms with van der Waals surface area (Å²) in [4.78, 5) is 11.8. The Labute approximate surface area is 101 Å². The Morgan fingerprint density at radius 1 is 1.41 bits per heavy atom. The van der Waals surface area contributed by atoms with Crippen LogP contribution in [0.3, 0.4) is 0 Å². The molecule has 3 nitrogen and oxygen atoms in total. The standard InChI is InChI=1S/C14H18O3/c1-17-11-6-4-5-10(9-11)14(16)12-7-2-3-8-13(12)15/h4-6,9,12,14,16H,2-3,7-8H2,1H3/t12-,14?/m1/s1. The van der Waals surface area contributed by atoms with Crippen molar-refractivity contribution in [1.82, 2.24) is 0 Å². The molecule has 2 atom stereocenters. The molecule has 0 aromatic heterocycles. The topological polar surface area (TPSA) is 46.5 Å². The molecule has 1 unspecified atom stereocenters. The number of methoxy groups -OCH3 is 1. The number of ether oxygens (including phenoxy) is 1. The average Bonchev–Trinajstić information content (AvgIpc) is 2.38. The van der Waals surface area contributed by atoms with E-state index in [1.54, 1.807) is 13.2 Å². The summed E-state index contributed by atoms with van der Waals surface area (Å²) in [6.45, 7) is 0. The SMILES string of the molecule is COc1cccc(C(O)[C@@H]2CCCCC2=O)c1. The lowest BCUT2D eigenvalue weighted by Gasteiger charge is -2.25. The van der Waals surface area contributed by atoms with Gasteiger partial charge in [0.1, 0.15) is 11.5 Å². The molecule has 1 aromatic carbocycles. The van der Waals surface area contributed by atoms with Crippen LogP contribution in [0.5, 0.6) is 5.75 Å². The fourth-order valence-corrected chi connectivity index (χ4v) is 2.40. The molecule has 3 heteroatoms. The number of ketones is 1. The molecule has 0 aliphatic heterocycles. The Kier molecular flexibility index (Phi) is 3.79. The number of benzene rings is 1. The van der Waals surface area contributed by atoms with Gasteiger partial charge in [0.2, 0.25) is 0 Å². The largest absolute Gasteiger partial charge is 0.497 e. The monoisotopic (exact) mass is 234 g/mol. The van der Waals surface area contributed by atoms with Crippen LogP contribution in [0.2, 0.25) is 0 Å². The maximum absolute atomic E-state index is 11.8. The van der Waals surface area contributed by atoms with Gasteiger partial charge in [0, 0.05) is 12.3 Å². The molecule has 1 aliphatic carbocycles. The van der Waals surface area contributed by atoms with Gasteiger partial charge in [0.25, 0.3) is 0 Å². The Balaban J connectivity index is 2.17. The maximum Gasteiger partial charge on any atom is 0.138 e. The number of aliphatic hydroxyl groups is 1. The summed E-state index contributed by atoms with van der Waals surface area (Å²) in [6.07, 6.45) is 2.68. The molecule has 0 bridgehead atoms. The lowest BCUT2D eigenvalue weighted by atomic mass is 9.82. The van der Waals surface area contributed by atoms with Crippen molar-refractivity contribution >= 4 is 5.78 Å².